The molecule has 7 aromatic rings. The minimum absolute atomic E-state index is 0.0233. The molecule has 1 aromatic heterocycles. The normalized spacial score (nSPS) is 10.9. The zero-order valence-electron chi connectivity index (χ0n) is 35.1. The number of aliphatic carboxylic acids is 2. The van der Waals surface area contributed by atoms with Crippen LogP contribution in [0.15, 0.2) is 164 Å². The number of ether oxygens (including phenoxy) is 2. The van der Waals surface area contributed by atoms with Crippen molar-refractivity contribution in [2.75, 3.05) is 50.2 Å². The van der Waals surface area contributed by atoms with E-state index in [2.05, 4.69) is 9.80 Å². The van der Waals surface area contributed by atoms with E-state index in [1.54, 1.807) is 0 Å². The molecular formula is C53H51N3O6. The molecule has 0 spiro atoms. The first-order valence-electron chi connectivity index (χ1n) is 20.9. The topological polar surface area (TPSA) is 112 Å². The summed E-state index contributed by atoms with van der Waals surface area (Å²) in [6, 6.07) is 54.2. The summed E-state index contributed by atoms with van der Waals surface area (Å²) >= 11 is 0. The predicted molar refractivity (Wildman–Crippen MR) is 248 cm³/mol. The van der Waals surface area contributed by atoms with E-state index < -0.39 is 11.9 Å². The van der Waals surface area contributed by atoms with Gasteiger partial charge in [-0.05, 0) is 105 Å². The largest absolute Gasteiger partial charge is 0.492 e. The van der Waals surface area contributed by atoms with Crippen molar-refractivity contribution in [2.45, 2.75) is 25.7 Å². The number of pyridine rings is 1. The van der Waals surface area contributed by atoms with Crippen molar-refractivity contribution in [1.82, 2.24) is 4.98 Å². The van der Waals surface area contributed by atoms with Crippen molar-refractivity contribution in [3.63, 3.8) is 0 Å². The Balaban J connectivity index is 1.04. The van der Waals surface area contributed by atoms with E-state index in [0.717, 1.165) is 67.3 Å². The first kappa shape index (κ1) is 42.7. The summed E-state index contributed by atoms with van der Waals surface area (Å²) in [5.41, 5.74) is 9.79. The lowest BCUT2D eigenvalue weighted by Crippen LogP contribution is -2.27. The molecule has 0 amide bonds. The van der Waals surface area contributed by atoms with Crippen molar-refractivity contribution in [2.24, 2.45) is 0 Å². The maximum Gasteiger partial charge on any atom is 0.303 e. The highest BCUT2D eigenvalue weighted by Gasteiger charge is 2.19. The van der Waals surface area contributed by atoms with E-state index in [0.29, 0.717) is 50.6 Å². The Morgan fingerprint density at radius 1 is 0.468 bits per heavy atom. The fourth-order valence-electron chi connectivity index (χ4n) is 7.63. The lowest BCUT2D eigenvalue weighted by Gasteiger charge is -2.23. The van der Waals surface area contributed by atoms with E-state index in [-0.39, 0.29) is 12.8 Å². The van der Waals surface area contributed by atoms with E-state index in [9.17, 15) is 19.8 Å². The molecule has 0 aliphatic carbocycles. The second kappa shape index (κ2) is 20.7. The quantitative estimate of drug-likeness (QED) is 0.0776. The minimum Gasteiger partial charge on any atom is -0.492 e. The minimum atomic E-state index is -0.836. The molecular weight excluding hydrogens is 775 g/mol. The number of nitrogens with zero attached hydrogens (tertiary/aromatic N) is 3. The number of anilines is 2. The number of hydrogen-bond donors (Lipinski definition) is 2. The van der Waals surface area contributed by atoms with Gasteiger partial charge >= 0.3 is 11.9 Å². The smallest absolute Gasteiger partial charge is 0.303 e. The van der Waals surface area contributed by atoms with Crippen molar-refractivity contribution in [3.05, 3.63) is 175 Å². The van der Waals surface area contributed by atoms with Crippen LogP contribution in [0.25, 0.3) is 44.5 Å². The first-order valence-corrected chi connectivity index (χ1v) is 20.9. The van der Waals surface area contributed by atoms with Gasteiger partial charge in [-0.1, -0.05) is 127 Å². The first-order chi connectivity index (χ1) is 30.2. The Hall–Kier alpha value is -7.39. The number of benzene rings is 6. The molecule has 1 heterocycles. The van der Waals surface area contributed by atoms with E-state index in [1.165, 1.54) is 0 Å². The zero-order valence-corrected chi connectivity index (χ0v) is 35.1. The number of carbonyl (C=O) groups is 2. The van der Waals surface area contributed by atoms with Crippen molar-refractivity contribution >= 4 is 23.6 Å². The van der Waals surface area contributed by atoms with Crippen LogP contribution in [0.1, 0.15) is 24.0 Å². The molecule has 6 aromatic carbocycles. The van der Waals surface area contributed by atoms with Gasteiger partial charge in [-0.15, -0.1) is 0 Å². The Bertz CT molecular complexity index is 2270. The van der Waals surface area contributed by atoms with Crippen molar-refractivity contribution in [1.29, 1.82) is 0 Å². The van der Waals surface area contributed by atoms with E-state index >= 15 is 0 Å². The van der Waals surface area contributed by atoms with Crippen LogP contribution in [0, 0.1) is 0 Å². The Labute approximate surface area is 363 Å². The van der Waals surface area contributed by atoms with Crippen LogP contribution in [-0.4, -0.2) is 67.5 Å². The summed E-state index contributed by atoms with van der Waals surface area (Å²) in [6.07, 6.45) is 0.830. The average Bonchev–Trinajstić information content (AvgIpc) is 3.31. The van der Waals surface area contributed by atoms with Crippen LogP contribution >= 0.6 is 0 Å². The van der Waals surface area contributed by atoms with Gasteiger partial charge in [-0.3, -0.25) is 9.59 Å². The Morgan fingerprint density at radius 3 is 1.06 bits per heavy atom. The Morgan fingerprint density at radius 2 is 0.774 bits per heavy atom. The van der Waals surface area contributed by atoms with Crippen LogP contribution in [0.4, 0.5) is 11.6 Å². The zero-order chi connectivity index (χ0) is 43.3. The summed E-state index contributed by atoms with van der Waals surface area (Å²) < 4.78 is 12.9. The van der Waals surface area contributed by atoms with Gasteiger partial charge in [0.05, 0.1) is 13.1 Å². The molecule has 0 radical (unpaired) electrons. The highest BCUT2D eigenvalue weighted by Crippen LogP contribution is 2.39. The molecule has 0 saturated carbocycles. The van der Waals surface area contributed by atoms with Crippen molar-refractivity contribution in [3.8, 4) is 56.0 Å². The number of aromatic nitrogens is 1. The fourth-order valence-corrected chi connectivity index (χ4v) is 7.63. The van der Waals surface area contributed by atoms with Crippen LogP contribution in [0.2, 0.25) is 0 Å². The van der Waals surface area contributed by atoms with Gasteiger partial charge in [0.15, 0.2) is 0 Å². The second-order valence-corrected chi connectivity index (χ2v) is 15.1. The molecule has 314 valence electrons. The molecule has 9 heteroatoms. The summed E-state index contributed by atoms with van der Waals surface area (Å²) in [4.78, 5) is 32.5. The van der Waals surface area contributed by atoms with Crippen molar-refractivity contribution < 1.29 is 29.3 Å². The average molecular weight is 826 g/mol. The number of hydrogen-bond acceptors (Lipinski definition) is 7. The molecule has 62 heavy (non-hydrogen) atoms. The molecule has 0 bridgehead atoms. The fraction of sp³-hybridized carbons (Fsp3) is 0.189. The van der Waals surface area contributed by atoms with Gasteiger partial charge in [0.2, 0.25) is 0 Å². The lowest BCUT2D eigenvalue weighted by molar-refractivity contribution is -0.138. The molecule has 0 saturated heterocycles. The molecule has 2 N–H and O–H groups in total. The summed E-state index contributed by atoms with van der Waals surface area (Å²) in [5.74, 6) is 1.34. The van der Waals surface area contributed by atoms with Gasteiger partial charge in [0.25, 0.3) is 0 Å². The second-order valence-electron chi connectivity index (χ2n) is 15.1. The van der Waals surface area contributed by atoms with Crippen LogP contribution in [0.3, 0.4) is 0 Å². The maximum absolute atomic E-state index is 11.7. The molecule has 0 atom stereocenters. The number of carboxylic acids is 2. The van der Waals surface area contributed by atoms with Crippen LogP contribution < -0.4 is 19.3 Å². The molecule has 0 unspecified atom stereocenters. The predicted octanol–water partition coefficient (Wildman–Crippen LogP) is 10.8. The van der Waals surface area contributed by atoms with Gasteiger partial charge in [0.1, 0.15) is 36.3 Å². The highest BCUT2D eigenvalue weighted by atomic mass is 16.5. The van der Waals surface area contributed by atoms with Crippen LogP contribution in [-0.2, 0) is 22.4 Å². The summed E-state index contributed by atoms with van der Waals surface area (Å²) in [7, 11) is 3.99. The number of likely N-dealkylation sites (N-methyl/N-ethyl adjacent to an activating group) is 2. The maximum atomic E-state index is 11.7. The van der Waals surface area contributed by atoms with Gasteiger partial charge < -0.3 is 29.5 Å². The SMILES string of the molecule is CN(CCOc1cc(-c2ccccc2)c(CCC(=O)O)c(-c2ccccc2)c1)c1cccc(N(C)CCOc2cc(-c3ccccc3)c(CCC(=O)O)c(-c3ccccc3)c2)n1. The Kier molecular flexibility index (Phi) is 14.3. The molecule has 0 aliphatic heterocycles. The summed E-state index contributed by atoms with van der Waals surface area (Å²) in [5, 5.41) is 19.2. The van der Waals surface area contributed by atoms with Gasteiger partial charge in [-0.25, -0.2) is 4.98 Å². The standard InChI is InChI=1S/C53H51N3O6/c1-55(30-32-61-42-34-46(38-16-7-3-8-17-38)44(26-28-52(57)58)47(35-42)39-18-9-4-10-19-39)50-24-15-25-51(54-50)56(2)31-33-62-43-36-48(40-20-11-5-12-21-40)45(27-29-53(59)60)49(37-43)41-22-13-6-14-23-41/h3-25,34-37H,26-33H2,1-2H3,(H,57,58)(H,59,60). The number of carboxylic acid groups (broad SMARTS) is 2. The van der Waals surface area contributed by atoms with Gasteiger partial charge in [0, 0.05) is 26.9 Å². The molecule has 0 aliphatic rings. The van der Waals surface area contributed by atoms with Crippen LogP contribution in [0.5, 0.6) is 11.5 Å². The monoisotopic (exact) mass is 825 g/mol. The number of rotatable bonds is 20. The third kappa shape index (κ3) is 11.1. The molecule has 0 fully saturated rings. The summed E-state index contributed by atoms with van der Waals surface area (Å²) in [6.45, 7) is 1.94. The van der Waals surface area contributed by atoms with E-state index in [4.69, 9.17) is 14.5 Å². The van der Waals surface area contributed by atoms with Gasteiger partial charge in [-0.2, -0.15) is 0 Å². The third-order valence-corrected chi connectivity index (χ3v) is 10.9. The molecule has 9 nitrogen and oxygen atoms in total. The molecule has 7 rings (SSSR count). The lowest BCUT2D eigenvalue weighted by atomic mass is 9.89. The highest BCUT2D eigenvalue weighted by molar-refractivity contribution is 5.83. The third-order valence-electron chi connectivity index (χ3n) is 10.9. The van der Waals surface area contributed by atoms with E-state index in [1.807, 2.05) is 178 Å².